The number of hydrogen-bond donors (Lipinski definition) is 1. The minimum absolute atomic E-state index is 0.0141. The molecule has 24 heavy (non-hydrogen) atoms. The maximum Gasteiger partial charge on any atom is 0.194 e. The Labute approximate surface area is 143 Å². The van der Waals surface area contributed by atoms with Gasteiger partial charge in [0.05, 0.1) is 17.8 Å². The molecule has 132 valence electrons. The Morgan fingerprint density at radius 1 is 1.17 bits per heavy atom. The van der Waals surface area contributed by atoms with Gasteiger partial charge in [-0.3, -0.25) is 4.79 Å². The molecule has 2 saturated heterocycles. The normalized spacial score (nSPS) is 54.0. The number of carbonyl (C=O) groups excluding carboxylic acids is 1. The number of ether oxygens (including phenoxy) is 2. The Morgan fingerprint density at radius 2 is 1.88 bits per heavy atom. The molecule has 0 aromatic heterocycles. The highest BCUT2D eigenvalue weighted by Crippen LogP contribution is 2.55. The van der Waals surface area contributed by atoms with E-state index in [1.165, 1.54) is 0 Å². The van der Waals surface area contributed by atoms with Crippen molar-refractivity contribution in [2.24, 2.45) is 11.3 Å². The van der Waals surface area contributed by atoms with E-state index < -0.39 is 17.8 Å². The van der Waals surface area contributed by atoms with Gasteiger partial charge >= 0.3 is 0 Å². The van der Waals surface area contributed by atoms with Gasteiger partial charge in [0, 0.05) is 5.57 Å². The minimum Gasteiger partial charge on any atom is -0.389 e. The Hall–Kier alpha value is -0.970. The summed E-state index contributed by atoms with van der Waals surface area (Å²) >= 11 is 0. The van der Waals surface area contributed by atoms with Crippen molar-refractivity contribution >= 4 is 5.78 Å². The topological polar surface area (TPSA) is 62.4 Å². The molecule has 4 heteroatoms. The first-order valence-corrected chi connectivity index (χ1v) is 9.10. The Balaban J connectivity index is 1.73. The molecule has 7 atom stereocenters. The van der Waals surface area contributed by atoms with Crippen LogP contribution in [0.25, 0.3) is 0 Å². The van der Waals surface area contributed by atoms with E-state index in [1.54, 1.807) is 6.08 Å². The zero-order valence-corrected chi connectivity index (χ0v) is 15.1. The molecule has 0 amide bonds. The molecular formula is C20H28O4. The first kappa shape index (κ1) is 16.5. The fourth-order valence-corrected chi connectivity index (χ4v) is 4.68. The van der Waals surface area contributed by atoms with Crippen LogP contribution in [-0.4, -0.2) is 40.4 Å². The van der Waals surface area contributed by atoms with E-state index in [1.807, 2.05) is 13.8 Å². The van der Waals surface area contributed by atoms with Crippen molar-refractivity contribution < 1.29 is 19.4 Å². The molecule has 1 N–H and O–H groups in total. The predicted molar refractivity (Wildman–Crippen MR) is 90.5 cm³/mol. The van der Waals surface area contributed by atoms with Crippen LogP contribution in [0.2, 0.25) is 0 Å². The van der Waals surface area contributed by atoms with E-state index in [0.29, 0.717) is 5.57 Å². The zero-order valence-electron chi connectivity index (χ0n) is 15.1. The second kappa shape index (κ2) is 4.80. The monoisotopic (exact) mass is 332 g/mol. The van der Waals surface area contributed by atoms with Crippen molar-refractivity contribution in [3.63, 3.8) is 0 Å². The maximum absolute atomic E-state index is 13.0. The van der Waals surface area contributed by atoms with Crippen LogP contribution in [0.4, 0.5) is 0 Å². The van der Waals surface area contributed by atoms with Crippen molar-refractivity contribution in [3.8, 4) is 0 Å². The van der Waals surface area contributed by atoms with E-state index in [9.17, 15) is 9.90 Å². The van der Waals surface area contributed by atoms with Gasteiger partial charge < -0.3 is 14.6 Å². The van der Waals surface area contributed by atoms with Gasteiger partial charge in [-0.2, -0.15) is 0 Å². The summed E-state index contributed by atoms with van der Waals surface area (Å²) in [5, 5.41) is 10.6. The zero-order chi connectivity index (χ0) is 17.5. The van der Waals surface area contributed by atoms with Crippen LogP contribution in [-0.2, 0) is 14.3 Å². The number of rotatable bonds is 0. The van der Waals surface area contributed by atoms with Crippen LogP contribution in [0, 0.1) is 11.3 Å². The first-order chi connectivity index (χ1) is 11.1. The van der Waals surface area contributed by atoms with Gasteiger partial charge in [0.1, 0.15) is 11.7 Å². The largest absolute Gasteiger partial charge is 0.389 e. The van der Waals surface area contributed by atoms with E-state index in [2.05, 4.69) is 20.4 Å². The maximum atomic E-state index is 13.0. The molecule has 0 aromatic rings. The quantitative estimate of drug-likeness (QED) is 0.693. The molecule has 2 aliphatic heterocycles. The van der Waals surface area contributed by atoms with Gasteiger partial charge in [0.25, 0.3) is 0 Å². The van der Waals surface area contributed by atoms with Gasteiger partial charge in [0.15, 0.2) is 5.78 Å². The van der Waals surface area contributed by atoms with Crippen LogP contribution in [0.3, 0.4) is 0 Å². The number of aliphatic hydroxyl groups excluding tert-OH is 1. The molecule has 0 aromatic carbocycles. The molecule has 0 spiro atoms. The van der Waals surface area contributed by atoms with Crippen molar-refractivity contribution in [2.75, 3.05) is 0 Å². The Morgan fingerprint density at radius 3 is 2.58 bits per heavy atom. The third-order valence-corrected chi connectivity index (χ3v) is 7.34. The molecule has 0 radical (unpaired) electrons. The van der Waals surface area contributed by atoms with Gasteiger partial charge in [-0.25, -0.2) is 0 Å². The summed E-state index contributed by atoms with van der Waals surface area (Å²) in [6.45, 7) is 12.6. The Bertz CT molecular complexity index is 652. The van der Waals surface area contributed by atoms with Gasteiger partial charge in [0.2, 0.25) is 0 Å². The molecular weight excluding hydrogens is 304 g/mol. The standard InChI is InChI=1S/C20H28O4/c1-11-13-10-14(21)12(2)18(11,3)8-9-19(4)15(23-19)6-7-20(5)17(24-20)16(13)22/h10,12,14-15,17,21H,1,6-9H2,2-5H3/t12-,14-,15+,17-,18-,19+,20-/m1/s1. The summed E-state index contributed by atoms with van der Waals surface area (Å²) in [6, 6.07) is 0. The molecule has 4 rings (SSSR count). The summed E-state index contributed by atoms with van der Waals surface area (Å²) in [5.74, 6) is 0.0107. The highest BCUT2D eigenvalue weighted by atomic mass is 16.6. The first-order valence-electron chi connectivity index (χ1n) is 9.10. The number of Topliss-reactive ketones (excluding diaryl/α,β-unsaturated/α-hetero) is 1. The van der Waals surface area contributed by atoms with E-state index >= 15 is 0 Å². The average molecular weight is 332 g/mol. The van der Waals surface area contributed by atoms with E-state index in [0.717, 1.165) is 31.3 Å². The SMILES string of the molecule is C=C1C2=C[C@@H](O)[C@@H](C)[C@]1(C)CC[C@]1(C)O[C@H]1CC[C@@]1(C)O[C@@H]1C2=O. The van der Waals surface area contributed by atoms with Crippen molar-refractivity contribution in [2.45, 2.75) is 82.9 Å². The van der Waals surface area contributed by atoms with Crippen LogP contribution in [0.15, 0.2) is 23.8 Å². The van der Waals surface area contributed by atoms with Gasteiger partial charge in [-0.15, -0.1) is 0 Å². The van der Waals surface area contributed by atoms with E-state index in [-0.39, 0.29) is 28.8 Å². The second-order valence-corrected chi connectivity index (χ2v) is 8.89. The molecule has 1 saturated carbocycles. The van der Waals surface area contributed by atoms with Crippen molar-refractivity contribution in [3.05, 3.63) is 23.8 Å². The lowest BCUT2D eigenvalue weighted by molar-refractivity contribution is -0.117. The number of fused-ring (bicyclic) bond motifs is 4. The number of carbonyl (C=O) groups is 1. The fraction of sp³-hybridized carbons (Fsp3) is 0.750. The summed E-state index contributed by atoms with van der Waals surface area (Å²) in [6.07, 6.45) is 4.47. The molecule has 0 unspecified atom stereocenters. The van der Waals surface area contributed by atoms with Gasteiger partial charge in [-0.1, -0.05) is 20.4 Å². The molecule has 2 heterocycles. The smallest absolute Gasteiger partial charge is 0.194 e. The van der Waals surface area contributed by atoms with Crippen molar-refractivity contribution in [1.29, 1.82) is 0 Å². The van der Waals surface area contributed by atoms with Crippen LogP contribution in [0.5, 0.6) is 0 Å². The van der Waals surface area contributed by atoms with Crippen LogP contribution in [0.1, 0.15) is 53.4 Å². The third kappa shape index (κ3) is 2.19. The van der Waals surface area contributed by atoms with Crippen molar-refractivity contribution in [1.82, 2.24) is 0 Å². The Kier molecular flexibility index (Phi) is 3.30. The molecule has 4 aliphatic rings. The molecule has 4 nitrogen and oxygen atoms in total. The summed E-state index contributed by atoms with van der Waals surface area (Å²) in [4.78, 5) is 13.0. The second-order valence-electron chi connectivity index (χ2n) is 8.89. The number of allylic oxidation sites excluding steroid dienone is 1. The van der Waals surface area contributed by atoms with Crippen LogP contribution < -0.4 is 0 Å². The average Bonchev–Trinajstić information content (AvgIpc) is 3.40. The predicted octanol–water partition coefficient (Wildman–Crippen LogP) is 2.94. The summed E-state index contributed by atoms with van der Waals surface area (Å²) < 4.78 is 11.8. The third-order valence-electron chi connectivity index (χ3n) is 7.34. The fourth-order valence-electron chi connectivity index (χ4n) is 4.68. The number of hydrogen-bond acceptors (Lipinski definition) is 4. The minimum atomic E-state index is -0.629. The lowest BCUT2D eigenvalue weighted by Crippen LogP contribution is -2.42. The lowest BCUT2D eigenvalue weighted by Gasteiger charge is -2.44. The van der Waals surface area contributed by atoms with Crippen LogP contribution >= 0.6 is 0 Å². The molecule has 2 aliphatic carbocycles. The number of aliphatic hydroxyl groups is 1. The highest BCUT2D eigenvalue weighted by molar-refractivity contribution is 6.05. The molecule has 3 fully saturated rings. The number of ketones is 1. The summed E-state index contributed by atoms with van der Waals surface area (Å²) in [7, 11) is 0. The van der Waals surface area contributed by atoms with Gasteiger partial charge in [-0.05, 0) is 62.5 Å². The summed E-state index contributed by atoms with van der Waals surface area (Å²) in [5.41, 5.74) is 0.650. The molecule has 2 bridgehead atoms. The van der Waals surface area contributed by atoms with E-state index in [4.69, 9.17) is 9.47 Å². The highest BCUT2D eigenvalue weighted by Gasteiger charge is 2.61. The number of epoxide rings is 2. The lowest BCUT2D eigenvalue weighted by atomic mass is 9.61.